The minimum absolute atomic E-state index is 0.0839. The van der Waals surface area contributed by atoms with E-state index in [1.807, 2.05) is 17.5 Å². The van der Waals surface area contributed by atoms with E-state index in [4.69, 9.17) is 0 Å². The number of rotatable bonds is 5. The van der Waals surface area contributed by atoms with Gasteiger partial charge in [-0.2, -0.15) is 0 Å². The van der Waals surface area contributed by atoms with Gasteiger partial charge in [0.05, 0.1) is 5.69 Å². The Labute approximate surface area is 150 Å². The van der Waals surface area contributed by atoms with Crippen LogP contribution < -0.4 is 15.1 Å². The SMILES string of the molecule is O=C(NCC1CC1)c1csc(N2CCN(c3ccccc3F)CC2)n1. The van der Waals surface area contributed by atoms with Gasteiger partial charge in [0.15, 0.2) is 5.13 Å². The molecule has 1 aliphatic carbocycles. The summed E-state index contributed by atoms with van der Waals surface area (Å²) in [7, 11) is 0. The van der Waals surface area contributed by atoms with Gasteiger partial charge < -0.3 is 15.1 Å². The number of piperazine rings is 1. The smallest absolute Gasteiger partial charge is 0.270 e. The standard InChI is InChI=1S/C18H21FN4OS/c19-14-3-1-2-4-16(14)22-7-9-23(10-8-22)18-21-15(12-25-18)17(24)20-11-13-5-6-13/h1-4,12-13H,5-11H2,(H,20,24). The Kier molecular flexibility index (Phi) is 4.57. The van der Waals surface area contributed by atoms with Crippen LogP contribution in [-0.4, -0.2) is 43.6 Å². The van der Waals surface area contributed by atoms with Crippen LogP contribution in [0, 0.1) is 11.7 Å². The summed E-state index contributed by atoms with van der Waals surface area (Å²) in [5, 5.41) is 5.63. The van der Waals surface area contributed by atoms with Crippen LogP contribution >= 0.6 is 11.3 Å². The van der Waals surface area contributed by atoms with Gasteiger partial charge in [-0.05, 0) is 30.9 Å². The van der Waals surface area contributed by atoms with Gasteiger partial charge in [0.25, 0.3) is 5.91 Å². The molecular weight excluding hydrogens is 339 g/mol. The molecule has 0 spiro atoms. The van der Waals surface area contributed by atoms with Crippen molar-refractivity contribution >= 4 is 28.1 Å². The predicted octanol–water partition coefficient (Wildman–Crippen LogP) is 2.75. The first kappa shape index (κ1) is 16.3. The molecule has 2 aliphatic rings. The molecule has 1 aromatic heterocycles. The van der Waals surface area contributed by atoms with Crippen LogP contribution in [0.2, 0.25) is 0 Å². The average Bonchev–Trinajstić information content (AvgIpc) is 3.34. The molecule has 2 heterocycles. The van der Waals surface area contributed by atoms with Crippen LogP contribution in [0.5, 0.6) is 0 Å². The van der Waals surface area contributed by atoms with Crippen molar-refractivity contribution in [3.8, 4) is 0 Å². The second-order valence-electron chi connectivity index (χ2n) is 6.59. The number of aromatic nitrogens is 1. The van der Waals surface area contributed by atoms with Gasteiger partial charge in [0.1, 0.15) is 11.5 Å². The highest BCUT2D eigenvalue weighted by atomic mass is 32.1. The molecule has 4 rings (SSSR count). The van der Waals surface area contributed by atoms with E-state index in [0.29, 0.717) is 17.3 Å². The number of benzene rings is 1. The Morgan fingerprint density at radius 1 is 1.20 bits per heavy atom. The van der Waals surface area contributed by atoms with Crippen molar-refractivity contribution in [1.29, 1.82) is 0 Å². The molecule has 132 valence electrons. The van der Waals surface area contributed by atoms with Crippen molar-refractivity contribution in [1.82, 2.24) is 10.3 Å². The molecule has 0 radical (unpaired) electrons. The molecule has 2 aromatic rings. The maximum absolute atomic E-state index is 13.9. The number of para-hydroxylation sites is 1. The summed E-state index contributed by atoms with van der Waals surface area (Å²) in [4.78, 5) is 20.8. The summed E-state index contributed by atoms with van der Waals surface area (Å²) in [5.41, 5.74) is 1.15. The number of amides is 1. The molecule has 0 atom stereocenters. The summed E-state index contributed by atoms with van der Waals surface area (Å²) in [6.45, 7) is 3.77. The Morgan fingerprint density at radius 2 is 1.92 bits per heavy atom. The third-order valence-electron chi connectivity index (χ3n) is 4.72. The Morgan fingerprint density at radius 3 is 2.64 bits per heavy atom. The van der Waals surface area contributed by atoms with E-state index in [0.717, 1.165) is 37.9 Å². The lowest BCUT2D eigenvalue weighted by Crippen LogP contribution is -2.46. The Hall–Kier alpha value is -2.15. The van der Waals surface area contributed by atoms with Crippen molar-refractivity contribution in [2.45, 2.75) is 12.8 Å². The second-order valence-corrected chi connectivity index (χ2v) is 7.43. The molecule has 0 unspecified atom stereocenters. The number of hydrogen-bond donors (Lipinski definition) is 1. The molecule has 5 nitrogen and oxygen atoms in total. The fourth-order valence-electron chi connectivity index (χ4n) is 3.01. The van der Waals surface area contributed by atoms with Crippen LogP contribution in [0.25, 0.3) is 0 Å². The van der Waals surface area contributed by atoms with E-state index >= 15 is 0 Å². The first-order valence-electron chi connectivity index (χ1n) is 8.69. The third kappa shape index (κ3) is 3.76. The zero-order valence-corrected chi connectivity index (χ0v) is 14.8. The highest BCUT2D eigenvalue weighted by molar-refractivity contribution is 7.13. The van der Waals surface area contributed by atoms with Crippen molar-refractivity contribution in [2.24, 2.45) is 5.92 Å². The highest BCUT2D eigenvalue weighted by Gasteiger charge is 2.24. The molecule has 1 saturated carbocycles. The van der Waals surface area contributed by atoms with E-state index in [2.05, 4.69) is 20.1 Å². The van der Waals surface area contributed by atoms with Crippen LogP contribution in [0.15, 0.2) is 29.6 Å². The maximum Gasteiger partial charge on any atom is 0.270 e. The van der Waals surface area contributed by atoms with Crippen molar-refractivity contribution < 1.29 is 9.18 Å². The van der Waals surface area contributed by atoms with Crippen LogP contribution in [0.1, 0.15) is 23.3 Å². The van der Waals surface area contributed by atoms with E-state index in [-0.39, 0.29) is 11.7 Å². The molecule has 1 saturated heterocycles. The number of halogens is 1. The number of nitrogens with zero attached hydrogens (tertiary/aromatic N) is 3. The summed E-state index contributed by atoms with van der Waals surface area (Å²) in [6, 6.07) is 6.88. The van der Waals surface area contributed by atoms with Crippen molar-refractivity contribution in [3.05, 3.63) is 41.2 Å². The van der Waals surface area contributed by atoms with E-state index in [1.54, 1.807) is 6.07 Å². The average molecular weight is 360 g/mol. The summed E-state index contributed by atoms with van der Waals surface area (Å²) in [5.74, 6) is 0.396. The molecule has 0 bridgehead atoms. The first-order chi connectivity index (χ1) is 12.2. The molecule has 25 heavy (non-hydrogen) atoms. The zero-order chi connectivity index (χ0) is 17.2. The molecule has 1 N–H and O–H groups in total. The van der Waals surface area contributed by atoms with Crippen molar-refractivity contribution in [2.75, 3.05) is 42.5 Å². The fourth-order valence-corrected chi connectivity index (χ4v) is 3.87. The third-order valence-corrected chi connectivity index (χ3v) is 5.62. The molecule has 1 amide bonds. The first-order valence-corrected chi connectivity index (χ1v) is 9.57. The van der Waals surface area contributed by atoms with Crippen molar-refractivity contribution in [3.63, 3.8) is 0 Å². The summed E-state index contributed by atoms with van der Waals surface area (Å²) in [6.07, 6.45) is 2.43. The summed E-state index contributed by atoms with van der Waals surface area (Å²) < 4.78 is 13.9. The Balaban J connectivity index is 1.34. The molecule has 2 fully saturated rings. The van der Waals surface area contributed by atoms with E-state index < -0.39 is 0 Å². The van der Waals surface area contributed by atoms with Gasteiger partial charge in [0.2, 0.25) is 0 Å². The Bertz CT molecular complexity index is 753. The molecule has 1 aromatic carbocycles. The normalized spacial score (nSPS) is 17.6. The molecule has 1 aliphatic heterocycles. The largest absolute Gasteiger partial charge is 0.366 e. The number of carbonyl (C=O) groups excluding carboxylic acids is 1. The predicted molar refractivity (Wildman–Crippen MR) is 98.0 cm³/mol. The lowest BCUT2D eigenvalue weighted by molar-refractivity contribution is 0.0947. The summed E-state index contributed by atoms with van der Waals surface area (Å²) >= 11 is 1.50. The maximum atomic E-state index is 13.9. The van der Waals surface area contributed by atoms with Crippen LogP contribution in [-0.2, 0) is 0 Å². The minimum atomic E-state index is -0.181. The number of thiazole rings is 1. The number of hydrogen-bond acceptors (Lipinski definition) is 5. The number of carbonyl (C=O) groups is 1. The number of anilines is 2. The van der Waals surface area contributed by atoms with Crippen LogP contribution in [0.3, 0.4) is 0 Å². The van der Waals surface area contributed by atoms with Gasteiger partial charge in [0, 0.05) is 38.1 Å². The van der Waals surface area contributed by atoms with Crippen LogP contribution in [0.4, 0.5) is 15.2 Å². The van der Waals surface area contributed by atoms with Gasteiger partial charge >= 0.3 is 0 Å². The van der Waals surface area contributed by atoms with Gasteiger partial charge in [-0.25, -0.2) is 9.37 Å². The highest BCUT2D eigenvalue weighted by Crippen LogP contribution is 2.28. The minimum Gasteiger partial charge on any atom is -0.366 e. The van der Waals surface area contributed by atoms with Gasteiger partial charge in [-0.15, -0.1) is 11.3 Å². The lowest BCUT2D eigenvalue weighted by Gasteiger charge is -2.36. The number of nitrogens with one attached hydrogen (secondary N) is 1. The zero-order valence-electron chi connectivity index (χ0n) is 13.9. The fraction of sp³-hybridized carbons (Fsp3) is 0.444. The lowest BCUT2D eigenvalue weighted by atomic mass is 10.2. The quantitative estimate of drug-likeness (QED) is 0.891. The monoisotopic (exact) mass is 360 g/mol. The van der Waals surface area contributed by atoms with Gasteiger partial charge in [-0.3, -0.25) is 4.79 Å². The van der Waals surface area contributed by atoms with E-state index in [9.17, 15) is 9.18 Å². The van der Waals surface area contributed by atoms with E-state index in [1.165, 1.54) is 30.2 Å². The second kappa shape index (κ2) is 7.00. The molecular formula is C18H21FN4OS. The van der Waals surface area contributed by atoms with Gasteiger partial charge in [-0.1, -0.05) is 12.1 Å². The molecule has 7 heteroatoms. The topological polar surface area (TPSA) is 48.5 Å².